The van der Waals surface area contributed by atoms with Crippen molar-refractivity contribution in [2.75, 3.05) is 6.54 Å². The Kier molecular flexibility index (Phi) is 9.20. The second-order valence-electron chi connectivity index (χ2n) is 5.51. The van der Waals surface area contributed by atoms with Crippen LogP contribution in [0.3, 0.4) is 0 Å². The van der Waals surface area contributed by atoms with Gasteiger partial charge in [0.2, 0.25) is 0 Å². The highest BCUT2D eigenvalue weighted by Crippen LogP contribution is 2.11. The molecule has 0 saturated heterocycles. The average Bonchev–Trinajstić information content (AvgIpc) is 2.90. The average molecular weight is 281 g/mol. The lowest BCUT2D eigenvalue weighted by molar-refractivity contribution is 0.467. The van der Waals surface area contributed by atoms with Crippen LogP contribution in [0.15, 0.2) is 0 Å². The van der Waals surface area contributed by atoms with Gasteiger partial charge in [0, 0.05) is 6.54 Å². The van der Waals surface area contributed by atoms with E-state index >= 15 is 0 Å². The molecule has 1 aromatic rings. The Balaban J connectivity index is 2.14. The monoisotopic (exact) mass is 281 g/mol. The highest BCUT2D eigenvalue weighted by Gasteiger charge is 2.12. The molecule has 5 heteroatoms. The van der Waals surface area contributed by atoms with Crippen molar-refractivity contribution in [2.24, 2.45) is 0 Å². The van der Waals surface area contributed by atoms with Crippen molar-refractivity contribution in [3.05, 3.63) is 5.82 Å². The van der Waals surface area contributed by atoms with Crippen molar-refractivity contribution >= 4 is 0 Å². The van der Waals surface area contributed by atoms with Crippen molar-refractivity contribution in [2.45, 2.75) is 84.7 Å². The highest BCUT2D eigenvalue weighted by atomic mass is 15.5. The highest BCUT2D eigenvalue weighted by molar-refractivity contribution is 4.89. The topological polar surface area (TPSA) is 55.6 Å². The molecule has 1 unspecified atom stereocenters. The summed E-state index contributed by atoms with van der Waals surface area (Å²) < 4.78 is 1.95. The van der Waals surface area contributed by atoms with Gasteiger partial charge in [0.05, 0.1) is 6.04 Å². The van der Waals surface area contributed by atoms with E-state index in [1.165, 1.54) is 51.4 Å². The van der Waals surface area contributed by atoms with E-state index in [1.807, 2.05) is 4.68 Å². The summed E-state index contributed by atoms with van der Waals surface area (Å²) in [5, 5.41) is 15.4. The molecule has 5 nitrogen and oxygen atoms in total. The van der Waals surface area contributed by atoms with Gasteiger partial charge in [-0.25, -0.2) is 4.68 Å². The predicted molar refractivity (Wildman–Crippen MR) is 82.5 cm³/mol. The van der Waals surface area contributed by atoms with Gasteiger partial charge in [0.1, 0.15) is 0 Å². The lowest BCUT2D eigenvalue weighted by Gasteiger charge is -2.11. The fourth-order valence-corrected chi connectivity index (χ4v) is 2.47. The first kappa shape index (κ1) is 17.1. The maximum Gasteiger partial charge on any atom is 0.167 e. The van der Waals surface area contributed by atoms with Gasteiger partial charge in [0.15, 0.2) is 5.82 Å². The molecule has 0 saturated carbocycles. The molecule has 1 atom stereocenters. The van der Waals surface area contributed by atoms with E-state index in [0.717, 1.165) is 18.9 Å². The first-order valence-corrected chi connectivity index (χ1v) is 8.29. The van der Waals surface area contributed by atoms with Crippen molar-refractivity contribution in [1.82, 2.24) is 25.5 Å². The van der Waals surface area contributed by atoms with Gasteiger partial charge in [0.25, 0.3) is 0 Å². The van der Waals surface area contributed by atoms with E-state index in [4.69, 9.17) is 0 Å². The van der Waals surface area contributed by atoms with Crippen LogP contribution in [-0.2, 0) is 6.54 Å². The summed E-state index contributed by atoms with van der Waals surface area (Å²) in [4.78, 5) is 0. The summed E-state index contributed by atoms with van der Waals surface area (Å²) in [6, 6.07) is 0.226. The maximum atomic E-state index is 4.12. The molecule has 0 aliphatic carbocycles. The van der Waals surface area contributed by atoms with Crippen LogP contribution in [-0.4, -0.2) is 26.8 Å². The van der Waals surface area contributed by atoms with Crippen LogP contribution in [0.25, 0.3) is 0 Å². The molecular formula is C15H31N5. The molecule has 0 fully saturated rings. The minimum absolute atomic E-state index is 0.226. The third-order valence-electron chi connectivity index (χ3n) is 3.68. The Hall–Kier alpha value is -0.970. The Bertz CT molecular complexity index is 337. The summed E-state index contributed by atoms with van der Waals surface area (Å²) in [7, 11) is 0. The van der Waals surface area contributed by atoms with Crippen molar-refractivity contribution in [3.63, 3.8) is 0 Å². The smallest absolute Gasteiger partial charge is 0.167 e. The largest absolute Gasteiger partial charge is 0.308 e. The third-order valence-corrected chi connectivity index (χ3v) is 3.68. The van der Waals surface area contributed by atoms with Crippen LogP contribution in [0.5, 0.6) is 0 Å². The Morgan fingerprint density at radius 2 is 1.65 bits per heavy atom. The number of hydrogen-bond donors (Lipinski definition) is 1. The van der Waals surface area contributed by atoms with Crippen LogP contribution in [0.1, 0.15) is 84.0 Å². The zero-order chi connectivity index (χ0) is 14.6. The Morgan fingerprint density at radius 1 is 1.00 bits per heavy atom. The standard InChI is InChI=1S/C15H31N5/c1-4-6-7-8-9-10-11-12-13-20-15(17-18-19-20)14(3)16-5-2/h14,16H,4-13H2,1-3H3. The normalized spacial score (nSPS) is 12.8. The molecule has 1 heterocycles. The number of unbranched alkanes of at least 4 members (excludes halogenated alkanes) is 7. The van der Waals surface area contributed by atoms with Crippen LogP contribution in [0, 0.1) is 0 Å². The SMILES string of the molecule is CCCCCCCCCCn1nnnc1C(C)NCC. The molecule has 1 aromatic heterocycles. The van der Waals surface area contributed by atoms with Crippen LogP contribution in [0.2, 0.25) is 0 Å². The van der Waals surface area contributed by atoms with E-state index < -0.39 is 0 Å². The molecule has 0 aliphatic rings. The minimum atomic E-state index is 0.226. The number of rotatable bonds is 12. The number of hydrogen-bond acceptors (Lipinski definition) is 4. The summed E-state index contributed by atoms with van der Waals surface area (Å²) in [5.41, 5.74) is 0. The first-order chi connectivity index (χ1) is 9.79. The molecule has 0 spiro atoms. The molecule has 20 heavy (non-hydrogen) atoms. The fourth-order valence-electron chi connectivity index (χ4n) is 2.47. The molecule has 0 aliphatic heterocycles. The van der Waals surface area contributed by atoms with Crippen LogP contribution >= 0.6 is 0 Å². The van der Waals surface area contributed by atoms with E-state index in [-0.39, 0.29) is 6.04 Å². The molecule has 0 aromatic carbocycles. The summed E-state index contributed by atoms with van der Waals surface area (Å²) in [6.07, 6.45) is 10.7. The molecule has 1 rings (SSSR count). The lowest BCUT2D eigenvalue weighted by Crippen LogP contribution is -2.22. The van der Waals surface area contributed by atoms with Gasteiger partial charge >= 0.3 is 0 Å². The number of aromatic nitrogens is 4. The number of nitrogens with one attached hydrogen (secondary N) is 1. The first-order valence-electron chi connectivity index (χ1n) is 8.29. The van der Waals surface area contributed by atoms with Crippen molar-refractivity contribution in [3.8, 4) is 0 Å². The third kappa shape index (κ3) is 6.46. The number of tetrazole rings is 1. The second kappa shape index (κ2) is 10.8. The van der Waals surface area contributed by atoms with E-state index in [1.54, 1.807) is 0 Å². The fraction of sp³-hybridized carbons (Fsp3) is 0.933. The van der Waals surface area contributed by atoms with E-state index in [0.29, 0.717) is 0 Å². The van der Waals surface area contributed by atoms with Crippen molar-refractivity contribution < 1.29 is 0 Å². The van der Waals surface area contributed by atoms with Crippen LogP contribution < -0.4 is 5.32 Å². The van der Waals surface area contributed by atoms with E-state index in [9.17, 15) is 0 Å². The predicted octanol–water partition coefficient (Wildman–Crippen LogP) is 3.48. The van der Waals surface area contributed by atoms with Gasteiger partial charge in [-0.05, 0) is 30.3 Å². The Morgan fingerprint density at radius 3 is 2.30 bits per heavy atom. The van der Waals surface area contributed by atoms with Gasteiger partial charge in [-0.3, -0.25) is 0 Å². The van der Waals surface area contributed by atoms with Crippen molar-refractivity contribution in [1.29, 1.82) is 0 Å². The van der Waals surface area contributed by atoms with Gasteiger partial charge in [-0.15, -0.1) is 5.10 Å². The van der Waals surface area contributed by atoms with Gasteiger partial charge in [-0.1, -0.05) is 58.8 Å². The molecule has 1 N–H and O–H groups in total. The quantitative estimate of drug-likeness (QED) is 0.596. The zero-order valence-corrected chi connectivity index (χ0v) is 13.4. The maximum absolute atomic E-state index is 4.12. The molecular weight excluding hydrogens is 250 g/mol. The van der Waals surface area contributed by atoms with E-state index in [2.05, 4.69) is 41.6 Å². The Labute approximate surface area is 123 Å². The lowest BCUT2D eigenvalue weighted by atomic mass is 10.1. The zero-order valence-electron chi connectivity index (χ0n) is 13.4. The summed E-state index contributed by atoms with van der Waals surface area (Å²) >= 11 is 0. The molecule has 116 valence electrons. The minimum Gasteiger partial charge on any atom is -0.308 e. The van der Waals surface area contributed by atoms with Gasteiger partial charge in [-0.2, -0.15) is 0 Å². The molecule has 0 bridgehead atoms. The number of aryl methyl sites for hydroxylation is 1. The van der Waals surface area contributed by atoms with Crippen LogP contribution in [0.4, 0.5) is 0 Å². The molecule has 0 radical (unpaired) electrons. The summed E-state index contributed by atoms with van der Waals surface area (Å²) in [5.74, 6) is 0.954. The summed E-state index contributed by atoms with van der Waals surface area (Å²) in [6.45, 7) is 8.35. The second-order valence-corrected chi connectivity index (χ2v) is 5.51. The van der Waals surface area contributed by atoms with Gasteiger partial charge < -0.3 is 5.32 Å². The molecule has 0 amide bonds. The number of nitrogens with zero attached hydrogens (tertiary/aromatic N) is 4.